The number of aromatic amines is 1. The van der Waals surface area contributed by atoms with Crippen LogP contribution < -0.4 is 47.5 Å². The fraction of sp³-hybridized carbons (Fsp3) is 0.258. The second-order valence-electron chi connectivity index (χ2n) is 10.2. The summed E-state index contributed by atoms with van der Waals surface area (Å²) in [7, 11) is 3.33. The number of nitrogens with one attached hydrogen (secondary N) is 1. The van der Waals surface area contributed by atoms with E-state index in [1.165, 1.54) is 22.9 Å². The molecule has 0 saturated carbocycles. The van der Waals surface area contributed by atoms with Crippen LogP contribution in [0.15, 0.2) is 54.9 Å². The van der Waals surface area contributed by atoms with Crippen molar-refractivity contribution < 1.29 is 52.4 Å². The Balaban J connectivity index is 0.00000302. The van der Waals surface area contributed by atoms with Crippen molar-refractivity contribution in [1.29, 1.82) is 0 Å². The van der Waals surface area contributed by atoms with E-state index in [4.69, 9.17) is 18.9 Å². The monoisotopic (exact) mass is 665 g/mol. The number of methoxy groups -OCH3 is 2. The highest BCUT2D eigenvalue weighted by molar-refractivity contribution is 5.95. The zero-order valence-corrected chi connectivity index (χ0v) is 24.8. The van der Waals surface area contributed by atoms with Crippen LogP contribution in [0.3, 0.4) is 0 Å². The van der Waals surface area contributed by atoms with E-state index in [0.717, 1.165) is 82.3 Å². The summed E-state index contributed by atoms with van der Waals surface area (Å²) < 4.78 is 25.2. The highest BCUT2D eigenvalue weighted by Gasteiger charge is 2.32. The zero-order chi connectivity index (χ0) is 27.4. The third-order valence-electron chi connectivity index (χ3n) is 8.08. The lowest BCUT2D eigenvalue weighted by Gasteiger charge is -2.21. The Morgan fingerprint density at radius 3 is 2.61 bits per heavy atom. The van der Waals surface area contributed by atoms with Gasteiger partial charge in [0.2, 0.25) is 12.5 Å². The van der Waals surface area contributed by atoms with Gasteiger partial charge in [0.25, 0.3) is 5.69 Å². The van der Waals surface area contributed by atoms with Crippen LogP contribution in [0.5, 0.6) is 23.0 Å². The first kappa shape index (κ1) is 27.1. The number of nitrogens with zero attached hydrogens (tertiary/aromatic N) is 2. The van der Waals surface area contributed by atoms with Gasteiger partial charge in [0, 0.05) is 46.6 Å². The average Bonchev–Trinajstić information content (AvgIpc) is 3.60. The number of aryl methyl sites for hydroxylation is 4. The van der Waals surface area contributed by atoms with Crippen molar-refractivity contribution in [2.24, 2.45) is 0 Å². The summed E-state index contributed by atoms with van der Waals surface area (Å²) in [6.45, 7) is 1.07. The van der Waals surface area contributed by atoms with Crippen LogP contribution in [-0.4, -0.2) is 30.9 Å². The summed E-state index contributed by atoms with van der Waals surface area (Å²) in [4.78, 5) is 14.3. The largest absolute Gasteiger partial charge is 1.00 e. The summed E-state index contributed by atoms with van der Waals surface area (Å²) in [6.07, 6.45) is 7.45. The van der Waals surface area contributed by atoms with Crippen molar-refractivity contribution in [3.63, 3.8) is 0 Å². The molecule has 0 unspecified atom stereocenters. The van der Waals surface area contributed by atoms with Gasteiger partial charge in [0.1, 0.15) is 0 Å². The highest BCUT2D eigenvalue weighted by Crippen LogP contribution is 2.44. The fourth-order valence-electron chi connectivity index (χ4n) is 6.20. The molecule has 0 fully saturated rings. The van der Waals surface area contributed by atoms with E-state index < -0.39 is 0 Å². The van der Waals surface area contributed by atoms with Gasteiger partial charge in [0.15, 0.2) is 35.7 Å². The second kappa shape index (κ2) is 10.7. The summed E-state index contributed by atoms with van der Waals surface area (Å²) in [5, 5.41) is 14.4. The molecular formula is C31H28IN3O6. The fourth-order valence-corrected chi connectivity index (χ4v) is 6.20. The number of hydrogen-bond donors (Lipinski definition) is 1. The molecule has 3 aromatic carbocycles. The molecule has 10 heteroatoms. The predicted molar refractivity (Wildman–Crippen MR) is 149 cm³/mol. The van der Waals surface area contributed by atoms with Gasteiger partial charge in [-0.2, -0.15) is 4.57 Å². The molecule has 1 N–H and O–H groups in total. The molecule has 2 aliphatic heterocycles. The molecule has 0 atom stereocenters. The molecule has 210 valence electrons. The lowest BCUT2D eigenvalue weighted by atomic mass is 9.89. The Bertz CT molecular complexity index is 1830. The third kappa shape index (κ3) is 4.50. The molecule has 0 spiro atoms. The number of fused-ring (bicyclic) bond motifs is 6. The quantitative estimate of drug-likeness (QED) is 0.124. The first-order valence-corrected chi connectivity index (χ1v) is 13.3. The minimum absolute atomic E-state index is 0. The Morgan fingerprint density at radius 1 is 1.00 bits per heavy atom. The van der Waals surface area contributed by atoms with Gasteiger partial charge < -0.3 is 47.9 Å². The molecule has 41 heavy (non-hydrogen) atoms. The van der Waals surface area contributed by atoms with Gasteiger partial charge in [-0.3, -0.25) is 10.1 Å². The Labute approximate surface area is 253 Å². The molecule has 9 nitrogen and oxygen atoms in total. The Morgan fingerprint density at radius 2 is 1.83 bits per heavy atom. The van der Waals surface area contributed by atoms with Crippen LogP contribution in [0.25, 0.3) is 32.9 Å². The van der Waals surface area contributed by atoms with Crippen molar-refractivity contribution in [1.82, 2.24) is 4.98 Å². The van der Waals surface area contributed by atoms with Crippen LogP contribution in [0.4, 0.5) is 5.69 Å². The lowest BCUT2D eigenvalue weighted by molar-refractivity contribution is -0.686. The molecule has 2 aromatic heterocycles. The minimum atomic E-state index is -0.347. The number of aromatic nitrogens is 2. The van der Waals surface area contributed by atoms with Crippen LogP contribution in [-0.2, 0) is 25.8 Å². The smallest absolute Gasteiger partial charge is 0.270 e. The summed E-state index contributed by atoms with van der Waals surface area (Å²) >= 11 is 0. The van der Waals surface area contributed by atoms with Gasteiger partial charge in [-0.1, -0.05) is 0 Å². The number of ether oxygens (including phenoxy) is 4. The van der Waals surface area contributed by atoms with Crippen LogP contribution >= 0.6 is 0 Å². The number of hydrogen-bond acceptors (Lipinski definition) is 6. The zero-order valence-electron chi connectivity index (χ0n) is 22.7. The molecule has 0 aliphatic carbocycles. The van der Waals surface area contributed by atoms with Crippen LogP contribution in [0, 0.1) is 10.1 Å². The van der Waals surface area contributed by atoms with E-state index in [0.29, 0.717) is 5.75 Å². The van der Waals surface area contributed by atoms with E-state index >= 15 is 0 Å². The molecule has 0 radical (unpaired) electrons. The maximum atomic E-state index is 11.4. The summed E-state index contributed by atoms with van der Waals surface area (Å²) in [5.74, 6) is 2.98. The van der Waals surface area contributed by atoms with Crippen molar-refractivity contribution in [3.8, 4) is 34.3 Å². The number of halogens is 1. The van der Waals surface area contributed by atoms with E-state index in [-0.39, 0.29) is 41.4 Å². The molecule has 0 bridgehead atoms. The van der Waals surface area contributed by atoms with Gasteiger partial charge in [-0.25, -0.2) is 0 Å². The number of nitro benzene ring substituents is 1. The molecule has 0 amide bonds. The predicted octanol–water partition coefficient (Wildman–Crippen LogP) is 2.67. The molecule has 5 aromatic rings. The Kier molecular flexibility index (Phi) is 7.10. The molecule has 2 aliphatic rings. The molecular weight excluding hydrogens is 637 g/mol. The second-order valence-corrected chi connectivity index (χ2v) is 10.2. The minimum Gasteiger partial charge on any atom is -1.00 e. The standard InChI is InChI=1S/C31H28N3O6.HI/c1-37-27-9-7-21-22(5-3-4-19-15-32-26-8-6-20(34(35)36)13-23(19)26)30-24-14-29-28(39-17-40-29)12-18(24)10-11-33(30)16-25(21)31(27)38-2;/h6-9,12-16,32H,3-5,10-11,17H2,1-2H3;1H/q+1;/p-1. The first-order valence-electron chi connectivity index (χ1n) is 13.3. The lowest BCUT2D eigenvalue weighted by Crippen LogP contribution is -3.00. The van der Waals surface area contributed by atoms with Crippen LogP contribution in [0.2, 0.25) is 0 Å². The van der Waals surface area contributed by atoms with Crippen LogP contribution in [0.1, 0.15) is 23.1 Å². The highest BCUT2D eigenvalue weighted by atomic mass is 127. The van der Waals surface area contributed by atoms with Crippen molar-refractivity contribution in [3.05, 3.63) is 81.7 Å². The molecule has 0 saturated heterocycles. The summed E-state index contributed by atoms with van der Waals surface area (Å²) in [6, 6.07) is 13.3. The Hall–Kier alpha value is -4.06. The van der Waals surface area contributed by atoms with E-state index in [1.54, 1.807) is 26.4 Å². The maximum absolute atomic E-state index is 11.4. The molecule has 4 heterocycles. The SMILES string of the molecule is COc1ccc2c(CCCc3c[nH]c4ccc([N+](=O)[O-])cc34)c3[n+](cc2c1OC)CCc1cc2c(cc1-3)OCO2.[I-]. The van der Waals surface area contributed by atoms with Gasteiger partial charge in [-0.05, 0) is 60.7 Å². The summed E-state index contributed by atoms with van der Waals surface area (Å²) in [5.41, 5.74) is 6.88. The normalized spacial score (nSPS) is 13.0. The third-order valence-corrected chi connectivity index (χ3v) is 8.08. The van der Waals surface area contributed by atoms with Crippen molar-refractivity contribution in [2.75, 3.05) is 21.0 Å². The van der Waals surface area contributed by atoms with Crippen molar-refractivity contribution >= 4 is 27.4 Å². The van der Waals surface area contributed by atoms with Gasteiger partial charge >= 0.3 is 0 Å². The number of H-pyrrole nitrogens is 1. The first-order chi connectivity index (χ1) is 19.6. The number of benzene rings is 3. The van der Waals surface area contributed by atoms with E-state index in [9.17, 15) is 10.1 Å². The number of nitro groups is 1. The topological polar surface area (TPSA) is 99.7 Å². The maximum Gasteiger partial charge on any atom is 0.270 e. The number of rotatable bonds is 7. The van der Waals surface area contributed by atoms with Gasteiger partial charge in [0.05, 0.1) is 30.1 Å². The molecule has 7 rings (SSSR count). The van der Waals surface area contributed by atoms with Crippen molar-refractivity contribution in [2.45, 2.75) is 32.2 Å². The van der Waals surface area contributed by atoms with E-state index in [2.05, 4.69) is 33.9 Å². The number of pyridine rings is 1. The number of non-ortho nitro benzene ring substituents is 1. The average molecular weight is 665 g/mol. The van der Waals surface area contributed by atoms with E-state index in [1.807, 2.05) is 12.3 Å². The van der Waals surface area contributed by atoms with Gasteiger partial charge in [-0.15, -0.1) is 0 Å².